The van der Waals surface area contributed by atoms with Crippen molar-refractivity contribution < 1.29 is 8.42 Å². The Morgan fingerprint density at radius 1 is 1.27 bits per heavy atom. The lowest BCUT2D eigenvalue weighted by Gasteiger charge is -2.45. The maximum absolute atomic E-state index is 11.4. The molecule has 1 saturated heterocycles. The van der Waals surface area contributed by atoms with Crippen molar-refractivity contribution in [3.63, 3.8) is 0 Å². The number of rotatable bonds is 9. The Kier molecular flexibility index (Phi) is 7.68. The molecule has 5 heteroatoms. The van der Waals surface area contributed by atoms with Crippen LogP contribution in [0, 0.1) is 5.92 Å². The normalized spacial score (nSPS) is 24.7. The van der Waals surface area contributed by atoms with Crippen molar-refractivity contribution in [3.05, 3.63) is 35.4 Å². The minimum atomic E-state index is -3.16. The molecule has 1 fully saturated rings. The molecule has 0 saturated carbocycles. The Bertz CT molecular complexity index is 674. The van der Waals surface area contributed by atoms with Crippen LogP contribution in [0.4, 0.5) is 0 Å². The maximum atomic E-state index is 11.4. The molecule has 0 spiro atoms. The van der Waals surface area contributed by atoms with E-state index in [0.717, 1.165) is 25.1 Å². The number of nitrogens with zero attached hydrogens (tertiary/aromatic N) is 1. The standard InChI is InChI=1S/C21H36N2O2S/c1-5-6-7-8-13-23-14-12-21(3,18(2)17-23)20-11-9-10-19(15-20)16-22-26(4,24)25/h9-11,15,18,22H,5-8,12-14,16-17H2,1-4H3. The molecule has 1 N–H and O–H groups in total. The van der Waals surface area contributed by atoms with E-state index >= 15 is 0 Å². The Morgan fingerprint density at radius 2 is 2.04 bits per heavy atom. The third-order valence-electron chi connectivity index (χ3n) is 6.02. The first-order valence-corrected chi connectivity index (χ1v) is 11.9. The van der Waals surface area contributed by atoms with E-state index in [1.54, 1.807) is 0 Å². The average Bonchev–Trinajstić information content (AvgIpc) is 2.60. The molecule has 2 atom stereocenters. The van der Waals surface area contributed by atoms with E-state index in [9.17, 15) is 8.42 Å². The van der Waals surface area contributed by atoms with Gasteiger partial charge in [-0.25, -0.2) is 13.1 Å². The van der Waals surface area contributed by atoms with Gasteiger partial charge in [-0.3, -0.25) is 0 Å². The van der Waals surface area contributed by atoms with Gasteiger partial charge >= 0.3 is 0 Å². The van der Waals surface area contributed by atoms with Gasteiger partial charge < -0.3 is 4.90 Å². The minimum Gasteiger partial charge on any atom is -0.303 e. The molecule has 0 amide bonds. The van der Waals surface area contributed by atoms with Crippen LogP contribution in [-0.4, -0.2) is 39.2 Å². The van der Waals surface area contributed by atoms with Gasteiger partial charge in [-0.05, 0) is 48.4 Å². The van der Waals surface area contributed by atoms with Gasteiger partial charge in [0, 0.05) is 13.1 Å². The van der Waals surface area contributed by atoms with Crippen LogP contribution >= 0.6 is 0 Å². The van der Waals surface area contributed by atoms with E-state index in [2.05, 4.69) is 48.6 Å². The maximum Gasteiger partial charge on any atom is 0.209 e. The summed E-state index contributed by atoms with van der Waals surface area (Å²) in [5.41, 5.74) is 2.52. The van der Waals surface area contributed by atoms with Crippen LogP contribution in [0.15, 0.2) is 24.3 Å². The van der Waals surface area contributed by atoms with E-state index in [-0.39, 0.29) is 5.41 Å². The molecular weight excluding hydrogens is 344 g/mol. The number of unbranched alkanes of at least 4 members (excludes halogenated alkanes) is 3. The monoisotopic (exact) mass is 380 g/mol. The lowest BCUT2D eigenvalue weighted by atomic mass is 9.68. The highest BCUT2D eigenvalue weighted by Crippen LogP contribution is 2.39. The van der Waals surface area contributed by atoms with Crippen molar-refractivity contribution in [2.75, 3.05) is 25.9 Å². The largest absolute Gasteiger partial charge is 0.303 e. The fourth-order valence-corrected chi connectivity index (χ4v) is 4.39. The summed E-state index contributed by atoms with van der Waals surface area (Å²) in [5, 5.41) is 0. The van der Waals surface area contributed by atoms with Crippen molar-refractivity contribution in [1.82, 2.24) is 9.62 Å². The zero-order valence-corrected chi connectivity index (χ0v) is 17.7. The summed E-state index contributed by atoms with van der Waals surface area (Å²) in [6, 6.07) is 8.45. The fraction of sp³-hybridized carbons (Fsp3) is 0.714. The quantitative estimate of drug-likeness (QED) is 0.661. The highest BCUT2D eigenvalue weighted by Gasteiger charge is 2.37. The molecule has 1 aromatic rings. The number of benzene rings is 1. The highest BCUT2D eigenvalue weighted by atomic mass is 32.2. The first-order chi connectivity index (χ1) is 12.2. The Morgan fingerprint density at radius 3 is 2.69 bits per heavy atom. The Balaban J connectivity index is 1.99. The molecule has 0 bridgehead atoms. The summed E-state index contributed by atoms with van der Waals surface area (Å²) in [6.07, 6.45) is 7.65. The van der Waals surface area contributed by atoms with E-state index < -0.39 is 10.0 Å². The van der Waals surface area contributed by atoms with Crippen molar-refractivity contribution in [2.45, 2.75) is 64.8 Å². The first kappa shape index (κ1) is 21.4. The molecule has 0 radical (unpaired) electrons. The molecule has 4 nitrogen and oxygen atoms in total. The van der Waals surface area contributed by atoms with E-state index in [0.29, 0.717) is 12.5 Å². The van der Waals surface area contributed by atoms with Crippen molar-refractivity contribution in [3.8, 4) is 0 Å². The van der Waals surface area contributed by atoms with Crippen LogP contribution in [-0.2, 0) is 22.0 Å². The smallest absolute Gasteiger partial charge is 0.209 e. The lowest BCUT2D eigenvalue weighted by Crippen LogP contribution is -2.47. The molecule has 0 aromatic heterocycles. The molecule has 2 rings (SSSR count). The third-order valence-corrected chi connectivity index (χ3v) is 6.69. The summed E-state index contributed by atoms with van der Waals surface area (Å²) in [4.78, 5) is 2.62. The number of nitrogens with one attached hydrogen (secondary N) is 1. The second-order valence-corrected chi connectivity index (χ2v) is 10.1. The van der Waals surface area contributed by atoms with Gasteiger partial charge in [-0.2, -0.15) is 0 Å². The van der Waals surface area contributed by atoms with Crippen LogP contribution in [0.25, 0.3) is 0 Å². The van der Waals surface area contributed by atoms with Crippen LogP contribution in [0.2, 0.25) is 0 Å². The minimum absolute atomic E-state index is 0.154. The topological polar surface area (TPSA) is 49.4 Å². The first-order valence-electron chi connectivity index (χ1n) is 10.0. The Hall–Kier alpha value is -0.910. The highest BCUT2D eigenvalue weighted by molar-refractivity contribution is 7.88. The summed E-state index contributed by atoms with van der Waals surface area (Å²) in [7, 11) is -3.16. The van der Waals surface area contributed by atoms with Crippen LogP contribution in [0.5, 0.6) is 0 Å². The molecule has 1 heterocycles. The summed E-state index contributed by atoms with van der Waals surface area (Å²) in [5.74, 6) is 0.584. The second kappa shape index (κ2) is 9.34. The molecule has 26 heavy (non-hydrogen) atoms. The SMILES string of the molecule is CCCCCCN1CCC(C)(c2cccc(CNS(C)(=O)=O)c2)C(C)C1. The van der Waals surface area contributed by atoms with Gasteiger partial charge in [0.1, 0.15) is 0 Å². The number of likely N-dealkylation sites (tertiary alicyclic amines) is 1. The molecule has 2 unspecified atom stereocenters. The summed E-state index contributed by atoms with van der Waals surface area (Å²) < 4.78 is 25.3. The second-order valence-electron chi connectivity index (χ2n) is 8.22. The number of hydrogen-bond donors (Lipinski definition) is 1. The van der Waals surface area contributed by atoms with Crippen LogP contribution in [0.1, 0.15) is 64.0 Å². The zero-order chi connectivity index (χ0) is 19.2. The van der Waals surface area contributed by atoms with Gasteiger partial charge in [0.15, 0.2) is 0 Å². The summed E-state index contributed by atoms with van der Waals surface area (Å²) in [6.45, 7) is 10.9. The van der Waals surface area contributed by atoms with E-state index in [1.165, 1.54) is 44.0 Å². The van der Waals surface area contributed by atoms with E-state index in [4.69, 9.17) is 0 Å². The van der Waals surface area contributed by atoms with Crippen molar-refractivity contribution in [2.24, 2.45) is 5.92 Å². The summed E-state index contributed by atoms with van der Waals surface area (Å²) >= 11 is 0. The number of sulfonamides is 1. The molecular formula is C21H36N2O2S. The predicted molar refractivity (Wildman–Crippen MR) is 110 cm³/mol. The molecule has 1 aliphatic heterocycles. The lowest BCUT2D eigenvalue weighted by molar-refractivity contribution is 0.109. The van der Waals surface area contributed by atoms with Gasteiger partial charge in [0.2, 0.25) is 10.0 Å². The fourth-order valence-electron chi connectivity index (χ4n) is 3.96. The van der Waals surface area contributed by atoms with Crippen molar-refractivity contribution in [1.29, 1.82) is 0 Å². The van der Waals surface area contributed by atoms with Crippen LogP contribution < -0.4 is 4.72 Å². The predicted octanol–water partition coefficient (Wildman–Crippen LogP) is 3.92. The van der Waals surface area contributed by atoms with Gasteiger partial charge in [0.05, 0.1) is 6.26 Å². The molecule has 1 aliphatic rings. The zero-order valence-electron chi connectivity index (χ0n) is 16.9. The van der Waals surface area contributed by atoms with Gasteiger partial charge in [-0.15, -0.1) is 0 Å². The van der Waals surface area contributed by atoms with Crippen molar-refractivity contribution >= 4 is 10.0 Å². The average molecular weight is 381 g/mol. The van der Waals surface area contributed by atoms with Crippen LogP contribution in [0.3, 0.4) is 0 Å². The molecule has 1 aromatic carbocycles. The number of piperidine rings is 1. The molecule has 0 aliphatic carbocycles. The Labute approximate surface area is 160 Å². The van der Waals surface area contributed by atoms with Gasteiger partial charge in [-0.1, -0.05) is 64.3 Å². The number of hydrogen-bond acceptors (Lipinski definition) is 3. The van der Waals surface area contributed by atoms with E-state index in [1.807, 2.05) is 6.07 Å². The third kappa shape index (κ3) is 6.07. The molecule has 148 valence electrons. The van der Waals surface area contributed by atoms with Gasteiger partial charge in [0.25, 0.3) is 0 Å².